The van der Waals surface area contributed by atoms with E-state index in [0.29, 0.717) is 13.2 Å². The Morgan fingerprint density at radius 3 is 0.979 bits per heavy atom. The van der Waals surface area contributed by atoms with Gasteiger partial charge in [0.15, 0.2) is 0 Å². The summed E-state index contributed by atoms with van der Waals surface area (Å²) in [5.41, 5.74) is 2.10. The van der Waals surface area contributed by atoms with Crippen LogP contribution in [-0.4, -0.2) is 28.3 Å². The van der Waals surface area contributed by atoms with Crippen molar-refractivity contribution < 1.29 is 24.2 Å². The van der Waals surface area contributed by atoms with Crippen molar-refractivity contribution in [3.05, 3.63) is 59.7 Å². The Labute approximate surface area is 290 Å². The maximum Gasteiger partial charge on any atom is 0.329 e. The molecule has 6 heteroatoms. The minimum absolute atomic E-state index is 0.151. The van der Waals surface area contributed by atoms with Gasteiger partial charge in [-0.2, -0.15) is 0 Å². The number of phenolic OH excluding ortho intramolecular Hbond substituents is 2. The van der Waals surface area contributed by atoms with Gasteiger partial charge in [-0.05, 0) is 48.2 Å². The number of unbranched alkanes of at least 4 members (excludes halogenated alkanes) is 20. The average molecular weight is 675 g/mol. The van der Waals surface area contributed by atoms with E-state index in [0.717, 1.165) is 24.0 Å². The fourth-order valence-corrected chi connectivity index (χ4v) is 6.42. The fraction of sp³-hybridized carbons (Fsp3) is 0.707. The zero-order chi connectivity index (χ0) is 34.4. The van der Waals surface area contributed by atoms with E-state index < -0.39 is 8.60 Å². The molecule has 0 unspecified atom stereocenters. The van der Waals surface area contributed by atoms with Gasteiger partial charge in [0.1, 0.15) is 11.5 Å². The van der Waals surface area contributed by atoms with Crippen LogP contribution in [0.2, 0.25) is 0 Å². The first-order valence-corrected chi connectivity index (χ1v) is 20.3. The molecule has 0 atom stereocenters. The third-order valence-electron chi connectivity index (χ3n) is 9.08. The smallest absolute Gasteiger partial charge is 0.329 e. The van der Waals surface area contributed by atoms with Gasteiger partial charge in [0.2, 0.25) is 0 Å². The van der Waals surface area contributed by atoms with Gasteiger partial charge in [0.25, 0.3) is 0 Å². The summed E-state index contributed by atoms with van der Waals surface area (Å²) in [5.74, 6) is 0.547. The Hall–Kier alpha value is -1.65. The molecule has 0 aliphatic carbocycles. The van der Waals surface area contributed by atoms with Crippen LogP contribution in [-0.2, 0) is 14.5 Å². The Morgan fingerprint density at radius 1 is 0.447 bits per heavy atom. The molecule has 0 bridgehead atoms. The third-order valence-corrected chi connectivity index (χ3v) is 9.88. The highest BCUT2D eigenvalue weighted by molar-refractivity contribution is 7.40. The van der Waals surface area contributed by atoms with Crippen molar-refractivity contribution >= 4 is 8.60 Å². The summed E-state index contributed by atoms with van der Waals surface area (Å²) in [7, 11) is -1.66. The molecule has 0 aliphatic heterocycles. The van der Waals surface area contributed by atoms with E-state index in [2.05, 4.69) is 27.7 Å². The molecule has 0 aromatic heterocycles. The second kappa shape index (κ2) is 29.3. The van der Waals surface area contributed by atoms with Crippen LogP contribution in [0.25, 0.3) is 0 Å². The lowest BCUT2D eigenvalue weighted by molar-refractivity contribution is 0.193. The van der Waals surface area contributed by atoms with Crippen LogP contribution < -0.4 is 0 Å². The highest BCUT2D eigenvalue weighted by atomic mass is 31.2. The first kappa shape index (κ1) is 43.4. The Bertz CT molecular complexity index is 872. The molecule has 2 aromatic rings. The summed E-state index contributed by atoms with van der Waals surface area (Å²) in [6, 6.07) is 14.4. The van der Waals surface area contributed by atoms with E-state index >= 15 is 0 Å². The van der Waals surface area contributed by atoms with Crippen LogP contribution >= 0.6 is 8.60 Å². The Morgan fingerprint density at radius 2 is 0.702 bits per heavy atom. The molecule has 0 aliphatic rings. The minimum Gasteiger partial charge on any atom is -0.508 e. The minimum atomic E-state index is -1.66. The average Bonchev–Trinajstić information content (AvgIpc) is 3.06. The molecule has 0 amide bonds. The van der Waals surface area contributed by atoms with Gasteiger partial charge in [0.05, 0.1) is 13.2 Å². The van der Waals surface area contributed by atoms with Crippen LogP contribution in [0.15, 0.2) is 48.5 Å². The number of hydrogen-bond donors (Lipinski definition) is 3. The number of hydrogen-bond acceptors (Lipinski definition) is 5. The standard InChI is InChI=1S/C26H55O3P.C15H16O2/c1-3-5-7-9-11-13-15-17-19-21-23-25-28-30(27)29-26-24-22-20-18-16-14-12-10-8-6-4-2;1-15(2,11-3-7-13(16)8-4-11)12-5-9-14(17)10-6-12/h27H,3-26H2,1-2H3;3-10,16-17H,1-2H3. The fourth-order valence-electron chi connectivity index (χ4n) is 5.78. The number of benzene rings is 2. The van der Waals surface area contributed by atoms with Crippen molar-refractivity contribution in [3.8, 4) is 11.5 Å². The second-order valence-corrected chi connectivity index (χ2v) is 14.7. The maximum absolute atomic E-state index is 9.79. The van der Waals surface area contributed by atoms with E-state index in [1.165, 1.54) is 128 Å². The molecule has 0 saturated heterocycles. The molecule has 0 saturated carbocycles. The third kappa shape index (κ3) is 23.4. The van der Waals surface area contributed by atoms with Crippen molar-refractivity contribution in [3.63, 3.8) is 0 Å². The summed E-state index contributed by atoms with van der Waals surface area (Å²) >= 11 is 0. The van der Waals surface area contributed by atoms with Gasteiger partial charge < -0.3 is 24.2 Å². The molecule has 3 N–H and O–H groups in total. The van der Waals surface area contributed by atoms with Crippen molar-refractivity contribution in [2.45, 2.75) is 174 Å². The highest BCUT2D eigenvalue weighted by Crippen LogP contribution is 2.34. The Balaban J connectivity index is 0.000000542. The van der Waals surface area contributed by atoms with Crippen molar-refractivity contribution in [1.82, 2.24) is 0 Å². The van der Waals surface area contributed by atoms with Crippen molar-refractivity contribution in [2.24, 2.45) is 0 Å². The van der Waals surface area contributed by atoms with Crippen LogP contribution in [0.5, 0.6) is 11.5 Å². The van der Waals surface area contributed by atoms with E-state index in [-0.39, 0.29) is 16.9 Å². The summed E-state index contributed by atoms with van der Waals surface area (Å²) in [6.07, 6.45) is 29.3. The van der Waals surface area contributed by atoms with Crippen molar-refractivity contribution in [2.75, 3.05) is 13.2 Å². The lowest BCUT2D eigenvalue weighted by atomic mass is 9.78. The number of aromatic hydroxyl groups is 2. The highest BCUT2D eigenvalue weighted by Gasteiger charge is 2.22. The predicted octanol–water partition coefficient (Wildman–Crippen LogP) is 13.3. The number of rotatable bonds is 28. The monoisotopic (exact) mass is 675 g/mol. The second-order valence-electron chi connectivity index (χ2n) is 13.7. The predicted molar refractivity (Wildman–Crippen MR) is 202 cm³/mol. The summed E-state index contributed by atoms with van der Waals surface area (Å²) in [4.78, 5) is 9.79. The Kier molecular flexibility index (Phi) is 27.0. The van der Waals surface area contributed by atoms with E-state index in [9.17, 15) is 15.1 Å². The van der Waals surface area contributed by atoms with E-state index in [4.69, 9.17) is 9.05 Å². The van der Waals surface area contributed by atoms with Crippen LogP contribution in [0.3, 0.4) is 0 Å². The lowest BCUT2D eigenvalue weighted by Crippen LogP contribution is -2.18. The molecular formula is C41H71O5P. The van der Waals surface area contributed by atoms with Gasteiger partial charge in [-0.25, -0.2) is 0 Å². The molecule has 2 rings (SSSR count). The lowest BCUT2D eigenvalue weighted by Gasteiger charge is -2.26. The van der Waals surface area contributed by atoms with Crippen LogP contribution in [0, 0.1) is 0 Å². The molecule has 0 fully saturated rings. The SMILES string of the molecule is CC(C)(c1ccc(O)cc1)c1ccc(O)cc1.CCCCCCCCCCCCCOP(O)OCCCCCCCCCCCCC. The molecule has 0 heterocycles. The zero-order valence-corrected chi connectivity index (χ0v) is 31.6. The van der Waals surface area contributed by atoms with E-state index in [1.807, 2.05) is 24.3 Å². The first-order valence-electron chi connectivity index (χ1n) is 19.1. The summed E-state index contributed by atoms with van der Waals surface area (Å²) in [5, 5.41) is 18.6. The number of phenols is 2. The molecule has 0 radical (unpaired) electrons. The first-order chi connectivity index (χ1) is 22.8. The normalized spacial score (nSPS) is 11.5. The molecule has 5 nitrogen and oxygen atoms in total. The quantitative estimate of drug-likeness (QED) is 0.0618. The van der Waals surface area contributed by atoms with Gasteiger partial charge in [0, 0.05) is 5.41 Å². The summed E-state index contributed by atoms with van der Waals surface area (Å²) < 4.78 is 10.8. The molecule has 2 aromatic carbocycles. The zero-order valence-electron chi connectivity index (χ0n) is 30.7. The van der Waals surface area contributed by atoms with Crippen LogP contribution in [0.4, 0.5) is 0 Å². The van der Waals surface area contributed by atoms with Crippen LogP contribution in [0.1, 0.15) is 180 Å². The van der Waals surface area contributed by atoms with E-state index in [1.54, 1.807) is 24.3 Å². The molecular weight excluding hydrogens is 603 g/mol. The van der Waals surface area contributed by atoms with Gasteiger partial charge in [-0.15, -0.1) is 0 Å². The maximum atomic E-state index is 9.79. The molecule has 47 heavy (non-hydrogen) atoms. The van der Waals surface area contributed by atoms with Gasteiger partial charge >= 0.3 is 8.60 Å². The molecule has 0 spiro atoms. The van der Waals surface area contributed by atoms with Crippen molar-refractivity contribution in [1.29, 1.82) is 0 Å². The summed E-state index contributed by atoms with van der Waals surface area (Å²) in [6.45, 7) is 10.1. The molecule has 270 valence electrons. The topological polar surface area (TPSA) is 79.2 Å². The van der Waals surface area contributed by atoms with Gasteiger partial charge in [-0.1, -0.05) is 180 Å². The largest absolute Gasteiger partial charge is 0.508 e. The van der Waals surface area contributed by atoms with Gasteiger partial charge in [-0.3, -0.25) is 0 Å².